The summed E-state index contributed by atoms with van der Waals surface area (Å²) in [6, 6.07) is 14.4. The number of anilines is 1. The molecule has 0 aromatic heterocycles. The molecule has 0 bridgehead atoms. The van der Waals surface area contributed by atoms with Crippen molar-refractivity contribution >= 4 is 5.69 Å². The fraction of sp³-hybridized carbons (Fsp3) is 0.333. The summed E-state index contributed by atoms with van der Waals surface area (Å²) in [4.78, 5) is 2.14. The molecule has 1 N–H and O–H groups in total. The summed E-state index contributed by atoms with van der Waals surface area (Å²) in [7, 11) is 0. The molecule has 2 aromatic rings. The minimum absolute atomic E-state index is 0.227. The number of hydrogen-bond acceptors (Lipinski definition) is 2. The highest BCUT2D eigenvalue weighted by Crippen LogP contribution is 2.22. The molecule has 0 radical (unpaired) electrons. The molecule has 0 amide bonds. The van der Waals surface area contributed by atoms with Crippen LogP contribution in [0, 0.1) is 12.7 Å². The lowest BCUT2D eigenvalue weighted by molar-refractivity contribution is 0.169. The molecule has 0 fully saturated rings. The molecule has 2 rings (SSSR count). The Labute approximate surface area is 125 Å². The van der Waals surface area contributed by atoms with Gasteiger partial charge in [-0.25, -0.2) is 4.39 Å². The second-order valence-electron chi connectivity index (χ2n) is 5.22. The molecule has 1 unspecified atom stereocenters. The van der Waals surface area contributed by atoms with Crippen LogP contribution in [0.25, 0.3) is 0 Å². The molecule has 1 atom stereocenters. The fourth-order valence-electron chi connectivity index (χ4n) is 2.52. The number of aliphatic hydroxyl groups excluding tert-OH is 1. The number of hydrogen-bond donors (Lipinski definition) is 1. The lowest BCUT2D eigenvalue weighted by atomic mass is 10.0. The summed E-state index contributed by atoms with van der Waals surface area (Å²) < 4.78 is 13.0. The van der Waals surface area contributed by atoms with Gasteiger partial charge in [0.25, 0.3) is 0 Å². The third kappa shape index (κ3) is 4.05. The van der Waals surface area contributed by atoms with Gasteiger partial charge in [-0.2, -0.15) is 0 Å². The first-order chi connectivity index (χ1) is 10.1. The Morgan fingerprint density at radius 1 is 1.10 bits per heavy atom. The third-order valence-electron chi connectivity index (χ3n) is 3.79. The molecule has 0 spiro atoms. The van der Waals surface area contributed by atoms with Crippen molar-refractivity contribution in [1.82, 2.24) is 0 Å². The Morgan fingerprint density at radius 3 is 2.38 bits per heavy atom. The zero-order valence-electron chi connectivity index (χ0n) is 12.6. The van der Waals surface area contributed by atoms with Crippen LogP contribution in [0.5, 0.6) is 0 Å². The molecule has 0 saturated heterocycles. The Hall–Kier alpha value is -1.87. The quantitative estimate of drug-likeness (QED) is 0.865. The molecular weight excluding hydrogens is 265 g/mol. The van der Waals surface area contributed by atoms with Crippen molar-refractivity contribution in [3.63, 3.8) is 0 Å². The van der Waals surface area contributed by atoms with E-state index in [9.17, 15) is 9.50 Å². The van der Waals surface area contributed by atoms with Gasteiger partial charge in [-0.3, -0.25) is 0 Å². The minimum Gasteiger partial charge on any atom is -0.388 e. The Morgan fingerprint density at radius 2 is 1.76 bits per heavy atom. The standard InChI is InChI=1S/C18H22FNO/c1-3-20(16-10-8-15(19)9-11-16)13-12-18(21)17-7-5-4-6-14(17)2/h4-11,18,21H,3,12-13H2,1-2H3. The molecule has 0 aliphatic rings. The van der Waals surface area contributed by atoms with E-state index in [0.29, 0.717) is 6.42 Å². The third-order valence-corrected chi connectivity index (χ3v) is 3.79. The zero-order chi connectivity index (χ0) is 15.2. The van der Waals surface area contributed by atoms with Gasteiger partial charge in [-0.15, -0.1) is 0 Å². The SMILES string of the molecule is CCN(CCC(O)c1ccccc1C)c1ccc(F)cc1. The largest absolute Gasteiger partial charge is 0.388 e. The molecule has 112 valence electrons. The molecule has 0 heterocycles. The number of rotatable bonds is 6. The maximum Gasteiger partial charge on any atom is 0.123 e. The van der Waals surface area contributed by atoms with Crippen LogP contribution in [-0.4, -0.2) is 18.2 Å². The van der Waals surface area contributed by atoms with E-state index in [-0.39, 0.29) is 5.82 Å². The average Bonchev–Trinajstić information content (AvgIpc) is 2.49. The van der Waals surface area contributed by atoms with Crippen molar-refractivity contribution in [2.75, 3.05) is 18.0 Å². The van der Waals surface area contributed by atoms with E-state index in [1.807, 2.05) is 31.2 Å². The Balaban J connectivity index is 2.00. The van der Waals surface area contributed by atoms with Crippen molar-refractivity contribution in [3.8, 4) is 0 Å². The lowest BCUT2D eigenvalue weighted by Crippen LogP contribution is -2.25. The fourth-order valence-corrected chi connectivity index (χ4v) is 2.52. The molecule has 0 saturated carbocycles. The molecule has 3 heteroatoms. The number of nitrogens with zero attached hydrogens (tertiary/aromatic N) is 1. The van der Waals surface area contributed by atoms with Crippen molar-refractivity contribution in [2.24, 2.45) is 0 Å². The van der Waals surface area contributed by atoms with Gasteiger partial charge in [0.2, 0.25) is 0 Å². The van der Waals surface area contributed by atoms with Gasteiger partial charge >= 0.3 is 0 Å². The highest BCUT2D eigenvalue weighted by atomic mass is 19.1. The van der Waals surface area contributed by atoms with E-state index in [1.54, 1.807) is 12.1 Å². The van der Waals surface area contributed by atoms with E-state index < -0.39 is 6.10 Å². The predicted octanol–water partition coefficient (Wildman–Crippen LogP) is 4.08. The van der Waals surface area contributed by atoms with Crippen molar-refractivity contribution < 1.29 is 9.50 Å². The summed E-state index contributed by atoms with van der Waals surface area (Å²) in [5.74, 6) is -0.227. The lowest BCUT2D eigenvalue weighted by Gasteiger charge is -2.25. The molecule has 2 aromatic carbocycles. The van der Waals surface area contributed by atoms with Crippen LogP contribution in [0.2, 0.25) is 0 Å². The minimum atomic E-state index is -0.472. The van der Waals surface area contributed by atoms with Crippen molar-refractivity contribution in [1.29, 1.82) is 0 Å². The number of benzene rings is 2. The van der Waals surface area contributed by atoms with Crippen LogP contribution in [0.3, 0.4) is 0 Å². The van der Waals surface area contributed by atoms with Gasteiger partial charge in [-0.1, -0.05) is 24.3 Å². The Kier molecular flexibility index (Phi) is 5.34. The molecule has 2 nitrogen and oxygen atoms in total. The van der Waals surface area contributed by atoms with Gasteiger partial charge in [0.05, 0.1) is 6.10 Å². The van der Waals surface area contributed by atoms with Crippen LogP contribution in [0.15, 0.2) is 48.5 Å². The first kappa shape index (κ1) is 15.5. The second-order valence-corrected chi connectivity index (χ2v) is 5.22. The maximum atomic E-state index is 13.0. The van der Waals surface area contributed by atoms with Gasteiger partial charge in [-0.05, 0) is 55.7 Å². The van der Waals surface area contributed by atoms with Crippen LogP contribution >= 0.6 is 0 Å². The zero-order valence-corrected chi connectivity index (χ0v) is 12.6. The first-order valence-corrected chi connectivity index (χ1v) is 7.36. The van der Waals surface area contributed by atoms with Crippen molar-refractivity contribution in [2.45, 2.75) is 26.4 Å². The number of aliphatic hydroxyl groups is 1. The van der Waals surface area contributed by atoms with Gasteiger partial charge in [0.15, 0.2) is 0 Å². The van der Waals surface area contributed by atoms with Crippen LogP contribution in [-0.2, 0) is 0 Å². The average molecular weight is 287 g/mol. The summed E-state index contributed by atoms with van der Waals surface area (Å²) in [5.41, 5.74) is 3.07. The molecule has 21 heavy (non-hydrogen) atoms. The van der Waals surface area contributed by atoms with Crippen LogP contribution in [0.1, 0.15) is 30.6 Å². The summed E-state index contributed by atoms with van der Waals surface area (Å²) in [5, 5.41) is 10.4. The van der Waals surface area contributed by atoms with E-state index in [1.165, 1.54) is 12.1 Å². The van der Waals surface area contributed by atoms with E-state index in [4.69, 9.17) is 0 Å². The summed E-state index contributed by atoms with van der Waals surface area (Å²) >= 11 is 0. The number of aryl methyl sites for hydroxylation is 1. The Bertz CT molecular complexity index is 568. The van der Waals surface area contributed by atoms with Gasteiger partial charge in [0, 0.05) is 18.8 Å². The monoisotopic (exact) mass is 287 g/mol. The van der Waals surface area contributed by atoms with Crippen LogP contribution < -0.4 is 4.90 Å². The van der Waals surface area contributed by atoms with Crippen molar-refractivity contribution in [3.05, 3.63) is 65.5 Å². The maximum absolute atomic E-state index is 13.0. The number of halogens is 1. The van der Waals surface area contributed by atoms with E-state index in [2.05, 4.69) is 11.8 Å². The summed E-state index contributed by atoms with van der Waals surface area (Å²) in [6.07, 6.45) is 0.177. The van der Waals surface area contributed by atoms with Crippen LogP contribution in [0.4, 0.5) is 10.1 Å². The first-order valence-electron chi connectivity index (χ1n) is 7.36. The van der Waals surface area contributed by atoms with E-state index >= 15 is 0 Å². The second kappa shape index (κ2) is 7.23. The molecule has 0 aliphatic carbocycles. The topological polar surface area (TPSA) is 23.5 Å². The highest BCUT2D eigenvalue weighted by molar-refractivity contribution is 5.46. The smallest absolute Gasteiger partial charge is 0.123 e. The van der Waals surface area contributed by atoms with E-state index in [0.717, 1.165) is 29.9 Å². The highest BCUT2D eigenvalue weighted by Gasteiger charge is 2.12. The summed E-state index contributed by atoms with van der Waals surface area (Å²) in [6.45, 7) is 5.63. The predicted molar refractivity (Wildman–Crippen MR) is 85.0 cm³/mol. The molecule has 0 aliphatic heterocycles. The normalized spacial score (nSPS) is 12.2. The van der Waals surface area contributed by atoms with Gasteiger partial charge < -0.3 is 10.0 Å². The molecular formula is C18H22FNO. The van der Waals surface area contributed by atoms with Gasteiger partial charge in [0.1, 0.15) is 5.82 Å².